The number of aryl methyl sites for hydroxylation is 1. The molecule has 0 spiro atoms. The second kappa shape index (κ2) is 6.61. The monoisotopic (exact) mass is 288 g/mol. The minimum Gasteiger partial charge on any atom is -0.338 e. The van der Waals surface area contributed by atoms with Crippen LogP contribution in [0.15, 0.2) is 29.3 Å². The minimum atomic E-state index is 0.0266. The van der Waals surface area contributed by atoms with Gasteiger partial charge in [0.1, 0.15) is 6.67 Å². The Morgan fingerprint density at radius 2 is 2.05 bits per heavy atom. The first-order chi connectivity index (χ1) is 9.97. The first-order valence-corrected chi connectivity index (χ1v) is 7.35. The molecule has 0 bridgehead atoms. The lowest BCUT2D eigenvalue weighted by Crippen LogP contribution is -2.52. The van der Waals surface area contributed by atoms with Gasteiger partial charge in [0.25, 0.3) is 0 Å². The van der Waals surface area contributed by atoms with Gasteiger partial charge in [-0.15, -0.1) is 0 Å². The normalized spacial score (nSPS) is 14.7. The molecule has 0 radical (unpaired) electrons. The Balaban J connectivity index is 2.06. The highest BCUT2D eigenvalue weighted by atomic mass is 16.2. The van der Waals surface area contributed by atoms with Crippen molar-refractivity contribution in [3.8, 4) is 0 Å². The molecule has 2 rings (SSSR count). The quantitative estimate of drug-likeness (QED) is 0.927. The van der Waals surface area contributed by atoms with Gasteiger partial charge in [-0.25, -0.2) is 4.99 Å². The molecular formula is C16H24N4O. The van der Waals surface area contributed by atoms with Crippen molar-refractivity contribution in [2.75, 3.05) is 24.8 Å². The van der Waals surface area contributed by atoms with Crippen molar-refractivity contribution in [2.24, 2.45) is 10.9 Å². The Kier molecular flexibility index (Phi) is 4.83. The smallest absolute Gasteiger partial charge is 0.226 e. The van der Waals surface area contributed by atoms with Gasteiger partial charge in [0, 0.05) is 19.2 Å². The van der Waals surface area contributed by atoms with Crippen LogP contribution in [-0.4, -0.2) is 36.6 Å². The minimum absolute atomic E-state index is 0.0266. The average molecular weight is 288 g/mol. The highest BCUT2D eigenvalue weighted by Crippen LogP contribution is 2.16. The molecule has 1 aromatic rings. The first kappa shape index (κ1) is 15.4. The molecule has 0 atom stereocenters. The molecule has 0 aliphatic carbocycles. The molecule has 5 heteroatoms. The summed E-state index contributed by atoms with van der Waals surface area (Å²) >= 11 is 0. The molecule has 0 saturated heterocycles. The summed E-state index contributed by atoms with van der Waals surface area (Å²) in [6, 6.07) is 8.37. The third kappa shape index (κ3) is 3.97. The van der Waals surface area contributed by atoms with Crippen molar-refractivity contribution in [1.82, 2.24) is 10.2 Å². The Morgan fingerprint density at radius 3 is 2.52 bits per heavy atom. The van der Waals surface area contributed by atoms with Crippen LogP contribution >= 0.6 is 0 Å². The van der Waals surface area contributed by atoms with E-state index in [9.17, 15) is 4.79 Å². The largest absolute Gasteiger partial charge is 0.338 e. The maximum atomic E-state index is 11.8. The summed E-state index contributed by atoms with van der Waals surface area (Å²) in [7, 11) is 0. The number of aliphatic imine (C=N–C) groups is 1. The van der Waals surface area contributed by atoms with E-state index in [2.05, 4.69) is 60.2 Å². The van der Waals surface area contributed by atoms with Crippen molar-refractivity contribution < 1.29 is 4.79 Å². The number of nitrogens with one attached hydrogen (secondary N) is 1. The SMILES string of the molecule is CC(=O)N(CC(C)C)C1=NCN(c2ccc(C)cc2)CN1. The summed E-state index contributed by atoms with van der Waals surface area (Å²) in [5.41, 5.74) is 2.38. The van der Waals surface area contributed by atoms with Crippen molar-refractivity contribution in [1.29, 1.82) is 0 Å². The zero-order chi connectivity index (χ0) is 15.4. The third-order valence-corrected chi connectivity index (χ3v) is 3.40. The van der Waals surface area contributed by atoms with E-state index in [1.165, 1.54) is 5.56 Å². The van der Waals surface area contributed by atoms with Gasteiger partial charge in [-0.3, -0.25) is 9.69 Å². The second-order valence-corrected chi connectivity index (χ2v) is 5.86. The molecule has 1 aromatic carbocycles. The summed E-state index contributed by atoms with van der Waals surface area (Å²) in [4.78, 5) is 20.1. The lowest BCUT2D eigenvalue weighted by Gasteiger charge is -2.33. The van der Waals surface area contributed by atoms with Gasteiger partial charge in [-0.1, -0.05) is 31.5 Å². The molecule has 0 fully saturated rings. The molecule has 0 unspecified atom stereocenters. The third-order valence-electron chi connectivity index (χ3n) is 3.40. The fourth-order valence-corrected chi connectivity index (χ4v) is 2.26. The van der Waals surface area contributed by atoms with Crippen LogP contribution < -0.4 is 10.2 Å². The maximum absolute atomic E-state index is 11.8. The number of anilines is 1. The van der Waals surface area contributed by atoms with E-state index in [1.54, 1.807) is 11.8 Å². The van der Waals surface area contributed by atoms with E-state index in [0.29, 0.717) is 31.8 Å². The van der Waals surface area contributed by atoms with Gasteiger partial charge in [-0.05, 0) is 25.0 Å². The molecule has 1 aliphatic rings. The average Bonchev–Trinajstić information content (AvgIpc) is 2.45. The van der Waals surface area contributed by atoms with Gasteiger partial charge < -0.3 is 10.2 Å². The van der Waals surface area contributed by atoms with Crippen LogP contribution in [0.25, 0.3) is 0 Å². The Hall–Kier alpha value is -2.04. The molecule has 1 heterocycles. The molecule has 114 valence electrons. The number of amides is 1. The molecule has 21 heavy (non-hydrogen) atoms. The lowest BCUT2D eigenvalue weighted by atomic mass is 10.2. The predicted octanol–water partition coefficient (Wildman–Crippen LogP) is 2.18. The Labute approximate surface area is 126 Å². The summed E-state index contributed by atoms with van der Waals surface area (Å²) < 4.78 is 0. The molecule has 1 amide bonds. The highest BCUT2D eigenvalue weighted by molar-refractivity contribution is 5.96. The fraction of sp³-hybridized carbons (Fsp3) is 0.500. The number of nitrogens with zero attached hydrogens (tertiary/aromatic N) is 3. The van der Waals surface area contributed by atoms with Crippen molar-refractivity contribution in [2.45, 2.75) is 27.7 Å². The number of hydrogen-bond donors (Lipinski definition) is 1. The van der Waals surface area contributed by atoms with Crippen molar-refractivity contribution in [3.63, 3.8) is 0 Å². The molecule has 1 N–H and O–H groups in total. The number of guanidine groups is 1. The van der Waals surface area contributed by atoms with Gasteiger partial charge >= 0.3 is 0 Å². The van der Waals surface area contributed by atoms with E-state index in [4.69, 9.17) is 0 Å². The standard InChI is InChI=1S/C16H24N4O/c1-12(2)9-20(14(4)21)16-17-10-19(11-18-16)15-7-5-13(3)6-8-15/h5-8,12H,9-11H2,1-4H3,(H,17,18). The number of hydrogen-bond acceptors (Lipinski definition) is 4. The zero-order valence-corrected chi connectivity index (χ0v) is 13.3. The maximum Gasteiger partial charge on any atom is 0.226 e. The van der Waals surface area contributed by atoms with Gasteiger partial charge in [0.05, 0.1) is 6.67 Å². The number of carbonyl (C=O) groups excluding carboxylic acids is 1. The van der Waals surface area contributed by atoms with Gasteiger partial charge in [-0.2, -0.15) is 0 Å². The second-order valence-electron chi connectivity index (χ2n) is 5.86. The van der Waals surface area contributed by atoms with E-state index >= 15 is 0 Å². The number of benzene rings is 1. The molecule has 0 aromatic heterocycles. The molecule has 5 nitrogen and oxygen atoms in total. The van der Waals surface area contributed by atoms with Crippen LogP contribution in [-0.2, 0) is 4.79 Å². The van der Waals surface area contributed by atoms with Crippen LogP contribution in [0.3, 0.4) is 0 Å². The molecule has 0 saturated carbocycles. The van der Waals surface area contributed by atoms with Crippen LogP contribution in [0.2, 0.25) is 0 Å². The van der Waals surface area contributed by atoms with Crippen LogP contribution in [0.4, 0.5) is 5.69 Å². The van der Waals surface area contributed by atoms with E-state index in [1.807, 2.05) is 0 Å². The molecular weight excluding hydrogens is 264 g/mol. The van der Waals surface area contributed by atoms with Gasteiger partial charge in [0.15, 0.2) is 0 Å². The number of rotatable bonds is 3. The summed E-state index contributed by atoms with van der Waals surface area (Å²) in [6.07, 6.45) is 0. The van der Waals surface area contributed by atoms with Crippen molar-refractivity contribution in [3.05, 3.63) is 29.8 Å². The summed E-state index contributed by atoms with van der Waals surface area (Å²) in [6.45, 7) is 9.75. The first-order valence-electron chi connectivity index (χ1n) is 7.35. The number of carbonyl (C=O) groups is 1. The topological polar surface area (TPSA) is 47.9 Å². The Bertz CT molecular complexity index is 522. The highest BCUT2D eigenvalue weighted by Gasteiger charge is 2.21. The van der Waals surface area contributed by atoms with Gasteiger partial charge in [0.2, 0.25) is 11.9 Å². The van der Waals surface area contributed by atoms with E-state index < -0.39 is 0 Å². The van der Waals surface area contributed by atoms with Crippen molar-refractivity contribution >= 4 is 17.6 Å². The zero-order valence-electron chi connectivity index (χ0n) is 13.3. The molecule has 1 aliphatic heterocycles. The van der Waals surface area contributed by atoms with E-state index in [0.717, 1.165) is 5.69 Å². The Morgan fingerprint density at radius 1 is 1.38 bits per heavy atom. The lowest BCUT2D eigenvalue weighted by molar-refractivity contribution is -0.125. The fourth-order valence-electron chi connectivity index (χ4n) is 2.26. The summed E-state index contributed by atoms with van der Waals surface area (Å²) in [5.74, 6) is 1.12. The van der Waals surface area contributed by atoms with Crippen LogP contribution in [0, 0.1) is 12.8 Å². The van der Waals surface area contributed by atoms with Crippen LogP contribution in [0.5, 0.6) is 0 Å². The predicted molar refractivity (Wildman–Crippen MR) is 86.2 cm³/mol. The van der Waals surface area contributed by atoms with Crippen LogP contribution in [0.1, 0.15) is 26.3 Å². The van der Waals surface area contributed by atoms with E-state index in [-0.39, 0.29) is 5.91 Å². The summed E-state index contributed by atoms with van der Waals surface area (Å²) in [5, 5.41) is 3.25.